The third-order valence-corrected chi connectivity index (χ3v) is 6.45. The minimum Gasteiger partial charge on any atom is -0.352 e. The number of carbonyl (C=O) groups is 1. The van der Waals surface area contributed by atoms with E-state index in [-0.39, 0.29) is 5.91 Å². The van der Waals surface area contributed by atoms with Crippen molar-refractivity contribution in [2.24, 2.45) is 0 Å². The van der Waals surface area contributed by atoms with Gasteiger partial charge in [-0.15, -0.1) is 0 Å². The first-order valence-corrected chi connectivity index (χ1v) is 12.3. The highest BCUT2D eigenvalue weighted by Crippen LogP contribution is 2.34. The number of fused-ring (bicyclic) bond motifs is 2. The monoisotopic (exact) mass is 487 g/mol. The highest BCUT2D eigenvalue weighted by molar-refractivity contribution is 6.01. The Balaban J connectivity index is 1.37. The summed E-state index contributed by atoms with van der Waals surface area (Å²) in [6, 6.07) is 14.1. The number of carbonyl (C=O) groups excluding carboxylic acids is 1. The van der Waals surface area contributed by atoms with Crippen molar-refractivity contribution in [3.8, 4) is 33.6 Å². The van der Waals surface area contributed by atoms with Crippen LogP contribution in [0.5, 0.6) is 0 Å². The van der Waals surface area contributed by atoms with Gasteiger partial charge in [-0.2, -0.15) is 5.10 Å². The van der Waals surface area contributed by atoms with Gasteiger partial charge in [0.25, 0.3) is 0 Å². The Morgan fingerprint density at radius 2 is 1.76 bits per heavy atom. The number of nitrogens with one attached hydrogen (secondary N) is 3. The first-order chi connectivity index (χ1) is 18.2. The molecule has 0 aliphatic heterocycles. The zero-order valence-electron chi connectivity index (χ0n) is 20.3. The summed E-state index contributed by atoms with van der Waals surface area (Å²) in [6.45, 7) is 2.07. The van der Waals surface area contributed by atoms with E-state index in [0.717, 1.165) is 68.3 Å². The summed E-state index contributed by atoms with van der Waals surface area (Å²) in [6.07, 6.45) is 13.1. The van der Waals surface area contributed by atoms with E-state index in [1.54, 1.807) is 18.6 Å². The molecule has 0 aliphatic carbocycles. The molecule has 8 heteroatoms. The van der Waals surface area contributed by atoms with E-state index in [9.17, 15) is 4.79 Å². The van der Waals surface area contributed by atoms with Crippen LogP contribution in [0.3, 0.4) is 0 Å². The highest BCUT2D eigenvalue weighted by Gasteiger charge is 2.15. The largest absolute Gasteiger partial charge is 0.352 e. The summed E-state index contributed by atoms with van der Waals surface area (Å²) in [5, 5.41) is 12.8. The number of benzene rings is 1. The first kappa shape index (κ1) is 22.6. The number of amides is 1. The Kier molecular flexibility index (Phi) is 5.90. The zero-order chi connectivity index (χ0) is 25.2. The van der Waals surface area contributed by atoms with E-state index in [2.05, 4.69) is 54.5 Å². The summed E-state index contributed by atoms with van der Waals surface area (Å²) in [5.74, 6) is 0.00678. The molecule has 0 atom stereocenters. The van der Waals surface area contributed by atoms with Gasteiger partial charge in [-0.1, -0.05) is 25.5 Å². The fraction of sp³-hybridized carbons (Fsp3) is 0.138. The van der Waals surface area contributed by atoms with Gasteiger partial charge in [0, 0.05) is 58.7 Å². The summed E-state index contributed by atoms with van der Waals surface area (Å²) < 4.78 is 0. The number of rotatable bonds is 7. The first-order valence-electron chi connectivity index (χ1n) is 12.3. The van der Waals surface area contributed by atoms with Gasteiger partial charge in [0.05, 0.1) is 34.8 Å². The molecule has 0 aliphatic rings. The van der Waals surface area contributed by atoms with Gasteiger partial charge in [-0.25, -0.2) is 0 Å². The zero-order valence-corrected chi connectivity index (χ0v) is 20.3. The Morgan fingerprint density at radius 1 is 0.865 bits per heavy atom. The molecule has 5 heterocycles. The maximum atomic E-state index is 12.2. The van der Waals surface area contributed by atoms with E-state index in [0.29, 0.717) is 12.1 Å². The number of anilines is 1. The van der Waals surface area contributed by atoms with Crippen molar-refractivity contribution >= 4 is 33.4 Å². The van der Waals surface area contributed by atoms with Crippen molar-refractivity contribution in [3.05, 3.63) is 79.6 Å². The molecular formula is C29H25N7O. The fourth-order valence-electron chi connectivity index (χ4n) is 4.56. The molecule has 0 radical (unpaired) electrons. The van der Waals surface area contributed by atoms with Gasteiger partial charge in [0.15, 0.2) is 0 Å². The van der Waals surface area contributed by atoms with Crippen LogP contribution in [0.25, 0.3) is 55.4 Å². The van der Waals surface area contributed by atoms with E-state index in [4.69, 9.17) is 0 Å². The van der Waals surface area contributed by atoms with Crippen molar-refractivity contribution in [1.29, 1.82) is 0 Å². The second-order valence-electron chi connectivity index (χ2n) is 9.02. The molecule has 0 fully saturated rings. The van der Waals surface area contributed by atoms with Crippen molar-refractivity contribution < 1.29 is 4.79 Å². The summed E-state index contributed by atoms with van der Waals surface area (Å²) in [7, 11) is 0. The normalized spacial score (nSPS) is 11.3. The lowest BCUT2D eigenvalue weighted by Gasteiger charge is -2.07. The van der Waals surface area contributed by atoms with Gasteiger partial charge in [0.2, 0.25) is 5.91 Å². The summed E-state index contributed by atoms with van der Waals surface area (Å²) in [5.41, 5.74) is 8.19. The van der Waals surface area contributed by atoms with Crippen LogP contribution in [0.1, 0.15) is 26.2 Å². The van der Waals surface area contributed by atoms with Gasteiger partial charge < -0.3 is 10.3 Å². The molecule has 182 valence electrons. The van der Waals surface area contributed by atoms with Crippen molar-refractivity contribution in [2.75, 3.05) is 5.32 Å². The van der Waals surface area contributed by atoms with E-state index in [1.807, 2.05) is 48.9 Å². The summed E-state index contributed by atoms with van der Waals surface area (Å²) in [4.78, 5) is 28.7. The predicted molar refractivity (Wildman–Crippen MR) is 146 cm³/mol. The SMILES string of the molecule is CCCCC(=O)Nc1cncc(-c2ccc3[nH]nc(-c4cc5c(-c6cccnc6)cncc5[nH]4)c3c2)c1. The maximum Gasteiger partial charge on any atom is 0.224 e. The van der Waals surface area contributed by atoms with Crippen LogP contribution in [0.2, 0.25) is 0 Å². The highest BCUT2D eigenvalue weighted by atomic mass is 16.1. The maximum absolute atomic E-state index is 12.2. The molecule has 0 bridgehead atoms. The minimum atomic E-state index is 0.00678. The Morgan fingerprint density at radius 3 is 2.62 bits per heavy atom. The second kappa shape index (κ2) is 9.66. The molecule has 1 aromatic carbocycles. The standard InChI is InChI=1S/C29H25N7O/c1-2-3-6-28(37)33-21-10-20(14-31-15-21)18-7-8-25-23(11-18)29(36-35-25)26-12-22-24(16-32-17-27(22)34-26)19-5-4-9-30-13-19/h4-5,7-17,34H,2-3,6H2,1H3,(H,33,37)(H,35,36). The molecule has 8 nitrogen and oxygen atoms in total. The van der Waals surface area contributed by atoms with Crippen molar-refractivity contribution in [3.63, 3.8) is 0 Å². The average molecular weight is 488 g/mol. The number of aromatic nitrogens is 6. The minimum absolute atomic E-state index is 0.00678. The van der Waals surface area contributed by atoms with Crippen LogP contribution < -0.4 is 5.32 Å². The predicted octanol–water partition coefficient (Wildman–Crippen LogP) is 6.36. The number of hydrogen-bond donors (Lipinski definition) is 3. The second-order valence-corrected chi connectivity index (χ2v) is 9.02. The van der Waals surface area contributed by atoms with Crippen LogP contribution in [-0.4, -0.2) is 36.0 Å². The van der Waals surface area contributed by atoms with E-state index < -0.39 is 0 Å². The van der Waals surface area contributed by atoms with Crippen molar-refractivity contribution in [1.82, 2.24) is 30.1 Å². The van der Waals surface area contributed by atoms with Crippen LogP contribution in [0.15, 0.2) is 79.6 Å². The molecule has 0 unspecified atom stereocenters. The Labute approximate surface area is 213 Å². The molecule has 3 N–H and O–H groups in total. The van der Waals surface area contributed by atoms with Crippen LogP contribution in [0.4, 0.5) is 5.69 Å². The van der Waals surface area contributed by atoms with Crippen LogP contribution >= 0.6 is 0 Å². The topological polar surface area (TPSA) is 112 Å². The number of aromatic amines is 2. The van der Waals surface area contributed by atoms with Gasteiger partial charge in [-0.3, -0.25) is 24.8 Å². The lowest BCUT2D eigenvalue weighted by Crippen LogP contribution is -2.11. The third-order valence-electron chi connectivity index (χ3n) is 6.45. The number of unbranched alkanes of at least 4 members (excludes halogenated alkanes) is 1. The molecule has 0 saturated carbocycles. The van der Waals surface area contributed by atoms with Crippen molar-refractivity contribution in [2.45, 2.75) is 26.2 Å². The smallest absolute Gasteiger partial charge is 0.224 e. The number of H-pyrrole nitrogens is 2. The lowest BCUT2D eigenvalue weighted by molar-refractivity contribution is -0.116. The lowest BCUT2D eigenvalue weighted by atomic mass is 10.0. The molecule has 1 amide bonds. The molecular weight excluding hydrogens is 462 g/mol. The molecule has 37 heavy (non-hydrogen) atoms. The molecule has 0 spiro atoms. The number of pyridine rings is 3. The number of nitrogens with zero attached hydrogens (tertiary/aromatic N) is 4. The molecule has 6 rings (SSSR count). The average Bonchev–Trinajstić information content (AvgIpc) is 3.56. The molecule has 0 saturated heterocycles. The van der Waals surface area contributed by atoms with Crippen LogP contribution in [-0.2, 0) is 4.79 Å². The van der Waals surface area contributed by atoms with Gasteiger partial charge >= 0.3 is 0 Å². The number of hydrogen-bond acceptors (Lipinski definition) is 5. The van der Waals surface area contributed by atoms with Gasteiger partial charge in [-0.05, 0) is 42.3 Å². The Bertz CT molecular complexity index is 1720. The van der Waals surface area contributed by atoms with E-state index in [1.165, 1.54) is 0 Å². The Hall–Kier alpha value is -4.85. The van der Waals surface area contributed by atoms with E-state index >= 15 is 0 Å². The quantitative estimate of drug-likeness (QED) is 0.243. The van der Waals surface area contributed by atoms with Crippen LogP contribution in [0, 0.1) is 0 Å². The van der Waals surface area contributed by atoms with Gasteiger partial charge in [0.1, 0.15) is 5.69 Å². The molecule has 5 aromatic heterocycles. The fourth-order valence-corrected chi connectivity index (χ4v) is 4.56. The summed E-state index contributed by atoms with van der Waals surface area (Å²) >= 11 is 0. The molecule has 6 aromatic rings. The third kappa shape index (κ3) is 4.45.